The van der Waals surface area contributed by atoms with E-state index in [0.717, 1.165) is 68.3 Å². The minimum absolute atomic E-state index is 0.129. The number of H-pyrrole nitrogens is 1. The number of Topliss-reactive ketones (excluding diaryl/α,β-unsaturated/α-hetero) is 1. The van der Waals surface area contributed by atoms with Crippen LogP contribution in [0, 0.1) is 5.92 Å². The molecule has 0 bridgehead atoms. The Morgan fingerprint density at radius 2 is 1.68 bits per heavy atom. The summed E-state index contributed by atoms with van der Waals surface area (Å²) in [6, 6.07) is 7.78. The molecule has 2 aliphatic rings. The van der Waals surface area contributed by atoms with Gasteiger partial charge in [0.15, 0.2) is 5.78 Å². The molecule has 3 heterocycles. The maximum Gasteiger partial charge on any atom is 0.225 e. The standard InChI is InChI=1S/C23H31N3O2/c1-17(22(27)20-16-24-21-9-5-4-8-19(20)21)25-14-10-18(11-15-25)23(28)26-12-6-2-3-7-13-26/h4-5,8-9,16-18,24H,2-3,6-7,10-15H2,1H3/t17-/m1/s1. The molecular weight excluding hydrogens is 350 g/mol. The van der Waals surface area contributed by atoms with E-state index in [1.165, 1.54) is 12.8 Å². The number of nitrogens with zero attached hydrogens (tertiary/aromatic N) is 2. The third-order valence-electron chi connectivity index (χ3n) is 6.58. The van der Waals surface area contributed by atoms with E-state index in [1.54, 1.807) is 0 Å². The number of aromatic nitrogens is 1. The zero-order chi connectivity index (χ0) is 19.5. The van der Waals surface area contributed by atoms with Crippen molar-refractivity contribution in [1.29, 1.82) is 0 Å². The van der Waals surface area contributed by atoms with Crippen LogP contribution in [0.1, 0.15) is 55.8 Å². The van der Waals surface area contributed by atoms with Crippen molar-refractivity contribution in [3.63, 3.8) is 0 Å². The van der Waals surface area contributed by atoms with E-state index >= 15 is 0 Å². The first-order valence-corrected chi connectivity index (χ1v) is 10.8. The molecule has 150 valence electrons. The second-order valence-electron chi connectivity index (χ2n) is 8.34. The summed E-state index contributed by atoms with van der Waals surface area (Å²) in [7, 11) is 0. The number of para-hydroxylation sites is 1. The second kappa shape index (κ2) is 8.48. The maximum absolute atomic E-state index is 13.1. The molecule has 1 aromatic heterocycles. The molecule has 2 aromatic rings. The van der Waals surface area contributed by atoms with Gasteiger partial charge in [0.2, 0.25) is 5.91 Å². The molecule has 0 spiro atoms. The lowest BCUT2D eigenvalue weighted by Crippen LogP contribution is -2.47. The molecule has 0 saturated carbocycles. The molecule has 0 aliphatic carbocycles. The highest BCUT2D eigenvalue weighted by molar-refractivity contribution is 6.10. The van der Waals surface area contributed by atoms with Gasteiger partial charge in [-0.05, 0) is 51.8 Å². The van der Waals surface area contributed by atoms with Gasteiger partial charge < -0.3 is 9.88 Å². The third kappa shape index (κ3) is 3.86. The SMILES string of the molecule is C[C@H](C(=O)c1c[nH]c2ccccc12)N1CCC(C(=O)N2CCCCCC2)CC1. The molecule has 2 saturated heterocycles. The van der Waals surface area contributed by atoms with Gasteiger partial charge in [-0.3, -0.25) is 14.5 Å². The van der Waals surface area contributed by atoms with Gasteiger partial charge >= 0.3 is 0 Å². The summed E-state index contributed by atoms with van der Waals surface area (Å²) in [6.07, 6.45) is 8.33. The number of ketones is 1. The molecule has 5 nitrogen and oxygen atoms in total. The fourth-order valence-corrected chi connectivity index (χ4v) is 4.75. The van der Waals surface area contributed by atoms with Crippen molar-refractivity contribution in [3.05, 3.63) is 36.0 Å². The number of fused-ring (bicyclic) bond motifs is 1. The Balaban J connectivity index is 1.36. The van der Waals surface area contributed by atoms with Gasteiger partial charge in [-0.15, -0.1) is 0 Å². The first-order valence-electron chi connectivity index (χ1n) is 10.8. The summed E-state index contributed by atoms with van der Waals surface area (Å²) in [4.78, 5) is 33.5. The fraction of sp³-hybridized carbons (Fsp3) is 0.565. The van der Waals surface area contributed by atoms with E-state index in [1.807, 2.05) is 37.4 Å². The summed E-state index contributed by atoms with van der Waals surface area (Å²) in [5.41, 5.74) is 1.77. The molecule has 1 aromatic carbocycles. The highest BCUT2D eigenvalue weighted by Gasteiger charge is 2.32. The average molecular weight is 382 g/mol. The number of carbonyl (C=O) groups is 2. The van der Waals surface area contributed by atoms with Crippen LogP contribution >= 0.6 is 0 Å². The van der Waals surface area contributed by atoms with Gasteiger partial charge in [0.25, 0.3) is 0 Å². The Bertz CT molecular complexity index is 827. The van der Waals surface area contributed by atoms with Gasteiger partial charge in [-0.25, -0.2) is 0 Å². The lowest BCUT2D eigenvalue weighted by molar-refractivity contribution is -0.137. The number of piperidine rings is 1. The van der Waals surface area contributed by atoms with Crippen molar-refractivity contribution >= 4 is 22.6 Å². The number of likely N-dealkylation sites (tertiary alicyclic amines) is 2. The molecule has 0 radical (unpaired) electrons. The van der Waals surface area contributed by atoms with Crippen LogP contribution in [0.3, 0.4) is 0 Å². The Labute approximate surface area is 167 Å². The Morgan fingerprint density at radius 3 is 2.39 bits per heavy atom. The molecule has 0 unspecified atom stereocenters. The van der Waals surface area contributed by atoms with Crippen LogP contribution in [0.4, 0.5) is 0 Å². The molecular formula is C23H31N3O2. The predicted octanol–water partition coefficient (Wildman–Crippen LogP) is 3.85. The van der Waals surface area contributed by atoms with Crippen LogP contribution in [0.5, 0.6) is 0 Å². The quantitative estimate of drug-likeness (QED) is 0.819. The molecule has 5 heteroatoms. The Hall–Kier alpha value is -2.14. The lowest BCUT2D eigenvalue weighted by atomic mass is 9.93. The minimum atomic E-state index is -0.159. The van der Waals surface area contributed by atoms with E-state index in [4.69, 9.17) is 0 Å². The number of nitrogens with one attached hydrogen (secondary N) is 1. The highest BCUT2D eigenvalue weighted by Crippen LogP contribution is 2.25. The zero-order valence-corrected chi connectivity index (χ0v) is 16.8. The van der Waals surface area contributed by atoms with Gasteiger partial charge in [0, 0.05) is 41.7 Å². The molecule has 1 amide bonds. The largest absolute Gasteiger partial charge is 0.360 e. The van der Waals surface area contributed by atoms with Crippen molar-refractivity contribution in [2.24, 2.45) is 5.92 Å². The fourth-order valence-electron chi connectivity index (χ4n) is 4.75. The van der Waals surface area contributed by atoms with Crippen LogP contribution in [0.15, 0.2) is 30.5 Å². The van der Waals surface area contributed by atoms with Crippen molar-refractivity contribution in [3.8, 4) is 0 Å². The predicted molar refractivity (Wildman–Crippen MR) is 111 cm³/mol. The third-order valence-corrected chi connectivity index (χ3v) is 6.58. The van der Waals surface area contributed by atoms with Gasteiger partial charge in [0.1, 0.15) is 0 Å². The van der Waals surface area contributed by atoms with Crippen molar-refractivity contribution in [1.82, 2.24) is 14.8 Å². The van der Waals surface area contributed by atoms with Crippen LogP contribution in [-0.2, 0) is 4.79 Å². The molecule has 28 heavy (non-hydrogen) atoms. The van der Waals surface area contributed by atoms with Gasteiger partial charge in [0.05, 0.1) is 6.04 Å². The van der Waals surface area contributed by atoms with Gasteiger partial charge in [-0.1, -0.05) is 31.0 Å². The average Bonchev–Trinajstić information content (AvgIpc) is 2.98. The number of carbonyl (C=O) groups excluding carboxylic acids is 2. The van der Waals surface area contributed by atoms with E-state index in [-0.39, 0.29) is 17.7 Å². The van der Waals surface area contributed by atoms with Crippen molar-refractivity contribution < 1.29 is 9.59 Å². The summed E-state index contributed by atoms with van der Waals surface area (Å²) < 4.78 is 0. The molecule has 4 rings (SSSR count). The number of hydrogen-bond donors (Lipinski definition) is 1. The first kappa shape index (κ1) is 19.2. The van der Waals surface area contributed by atoms with Crippen molar-refractivity contribution in [2.75, 3.05) is 26.2 Å². The summed E-state index contributed by atoms with van der Waals surface area (Å²) in [5, 5.41) is 0.991. The molecule has 2 fully saturated rings. The number of benzene rings is 1. The van der Waals surface area contributed by atoms with Crippen LogP contribution < -0.4 is 0 Å². The first-order chi connectivity index (χ1) is 13.6. The summed E-state index contributed by atoms with van der Waals surface area (Å²) in [5.74, 6) is 0.636. The summed E-state index contributed by atoms with van der Waals surface area (Å²) >= 11 is 0. The lowest BCUT2D eigenvalue weighted by Gasteiger charge is -2.36. The van der Waals surface area contributed by atoms with E-state index in [2.05, 4.69) is 14.8 Å². The second-order valence-corrected chi connectivity index (χ2v) is 8.34. The molecule has 1 N–H and O–H groups in total. The number of amides is 1. The van der Waals surface area contributed by atoms with Crippen LogP contribution in [-0.4, -0.2) is 58.7 Å². The van der Waals surface area contributed by atoms with Gasteiger partial charge in [-0.2, -0.15) is 0 Å². The molecule has 1 atom stereocenters. The van der Waals surface area contributed by atoms with Crippen LogP contribution in [0.2, 0.25) is 0 Å². The monoisotopic (exact) mass is 381 g/mol. The number of rotatable bonds is 4. The zero-order valence-electron chi connectivity index (χ0n) is 16.8. The maximum atomic E-state index is 13.1. The van der Waals surface area contributed by atoms with Crippen molar-refractivity contribution in [2.45, 2.75) is 51.5 Å². The molecule has 2 aliphatic heterocycles. The van der Waals surface area contributed by atoms with E-state index in [9.17, 15) is 9.59 Å². The smallest absolute Gasteiger partial charge is 0.225 e. The van der Waals surface area contributed by atoms with Crippen LogP contribution in [0.25, 0.3) is 10.9 Å². The topological polar surface area (TPSA) is 56.4 Å². The highest BCUT2D eigenvalue weighted by atomic mass is 16.2. The normalized spacial score (nSPS) is 20.8. The Kier molecular flexibility index (Phi) is 5.81. The minimum Gasteiger partial charge on any atom is -0.360 e. The summed E-state index contributed by atoms with van der Waals surface area (Å²) in [6.45, 7) is 5.49. The van der Waals surface area contributed by atoms with E-state index in [0.29, 0.717) is 5.91 Å². The number of aromatic amines is 1. The Morgan fingerprint density at radius 1 is 1.00 bits per heavy atom. The number of hydrogen-bond acceptors (Lipinski definition) is 3. The van der Waals surface area contributed by atoms with E-state index < -0.39 is 0 Å².